The van der Waals surface area contributed by atoms with E-state index in [0.29, 0.717) is 25.8 Å². The van der Waals surface area contributed by atoms with E-state index < -0.39 is 0 Å². The van der Waals surface area contributed by atoms with Crippen LogP contribution < -0.4 is 5.32 Å². The summed E-state index contributed by atoms with van der Waals surface area (Å²) in [5, 5.41) is 2.96. The second-order valence-corrected chi connectivity index (χ2v) is 6.80. The topological polar surface area (TPSA) is 49.4 Å². The van der Waals surface area contributed by atoms with Crippen molar-refractivity contribution in [1.29, 1.82) is 0 Å². The Morgan fingerprint density at radius 2 is 1.85 bits per heavy atom. The molecule has 0 bridgehead atoms. The van der Waals surface area contributed by atoms with Crippen LogP contribution in [0.25, 0.3) is 0 Å². The van der Waals surface area contributed by atoms with Gasteiger partial charge in [0.05, 0.1) is 0 Å². The van der Waals surface area contributed by atoms with E-state index in [0.717, 1.165) is 24.2 Å². The Morgan fingerprint density at radius 3 is 2.62 bits per heavy atom. The maximum absolute atomic E-state index is 12.6. The second kappa shape index (κ2) is 8.65. The SMILES string of the molecule is CCN(CCc1ccccc1)C(=O)CCC1Cc2ccccc2NC1=O. The van der Waals surface area contributed by atoms with E-state index in [1.807, 2.05) is 54.3 Å². The van der Waals surface area contributed by atoms with Crippen LogP contribution in [-0.4, -0.2) is 29.8 Å². The van der Waals surface area contributed by atoms with Gasteiger partial charge in [0.1, 0.15) is 0 Å². The summed E-state index contributed by atoms with van der Waals surface area (Å²) in [6.45, 7) is 3.43. The fraction of sp³-hybridized carbons (Fsp3) is 0.364. The minimum absolute atomic E-state index is 0.0313. The number of benzene rings is 2. The first-order chi connectivity index (χ1) is 12.7. The Balaban J connectivity index is 1.51. The van der Waals surface area contributed by atoms with E-state index in [9.17, 15) is 9.59 Å². The minimum Gasteiger partial charge on any atom is -0.343 e. The molecule has 1 aliphatic heterocycles. The molecule has 0 aromatic heterocycles. The van der Waals surface area contributed by atoms with Gasteiger partial charge in [-0.15, -0.1) is 0 Å². The Hall–Kier alpha value is -2.62. The van der Waals surface area contributed by atoms with Crippen molar-refractivity contribution < 1.29 is 9.59 Å². The molecule has 0 fully saturated rings. The quantitative estimate of drug-likeness (QED) is 0.828. The van der Waals surface area contributed by atoms with Crippen LogP contribution in [0.1, 0.15) is 30.9 Å². The summed E-state index contributed by atoms with van der Waals surface area (Å²) in [5.41, 5.74) is 3.29. The van der Waals surface area contributed by atoms with Crippen LogP contribution in [0.15, 0.2) is 54.6 Å². The fourth-order valence-corrected chi connectivity index (χ4v) is 3.47. The molecular formula is C22H26N2O2. The van der Waals surface area contributed by atoms with Gasteiger partial charge >= 0.3 is 0 Å². The summed E-state index contributed by atoms with van der Waals surface area (Å²) < 4.78 is 0. The highest BCUT2D eigenvalue weighted by atomic mass is 16.2. The number of rotatable bonds is 7. The number of likely N-dealkylation sites (N-methyl/N-ethyl adjacent to an activating group) is 1. The van der Waals surface area contributed by atoms with Gasteiger partial charge in [0, 0.05) is 31.1 Å². The van der Waals surface area contributed by atoms with Crippen molar-refractivity contribution in [2.75, 3.05) is 18.4 Å². The standard InChI is InChI=1S/C22H26N2O2/c1-2-24(15-14-17-8-4-3-5-9-17)21(25)13-12-19-16-18-10-6-7-11-20(18)23-22(19)26/h3-11,19H,2,12-16H2,1H3,(H,23,26). The summed E-state index contributed by atoms with van der Waals surface area (Å²) in [6, 6.07) is 18.1. The summed E-state index contributed by atoms with van der Waals surface area (Å²) in [5.74, 6) is 0.0422. The van der Waals surface area contributed by atoms with Gasteiger partial charge in [0.2, 0.25) is 11.8 Å². The first-order valence-corrected chi connectivity index (χ1v) is 9.38. The van der Waals surface area contributed by atoms with Crippen molar-refractivity contribution in [2.24, 2.45) is 5.92 Å². The third-order valence-corrected chi connectivity index (χ3v) is 5.07. The van der Waals surface area contributed by atoms with E-state index in [-0.39, 0.29) is 17.7 Å². The first kappa shape index (κ1) is 18.2. The third kappa shape index (κ3) is 4.51. The molecule has 4 heteroatoms. The number of para-hydroxylation sites is 1. The molecule has 1 heterocycles. The molecule has 0 spiro atoms. The van der Waals surface area contributed by atoms with Crippen molar-refractivity contribution in [3.05, 3.63) is 65.7 Å². The zero-order chi connectivity index (χ0) is 18.4. The van der Waals surface area contributed by atoms with Gasteiger partial charge < -0.3 is 10.2 Å². The van der Waals surface area contributed by atoms with Crippen LogP contribution in [0, 0.1) is 5.92 Å². The summed E-state index contributed by atoms with van der Waals surface area (Å²) in [4.78, 5) is 26.8. The number of anilines is 1. The Morgan fingerprint density at radius 1 is 1.12 bits per heavy atom. The summed E-state index contributed by atoms with van der Waals surface area (Å²) in [6.07, 6.45) is 2.59. The average Bonchev–Trinajstić information content (AvgIpc) is 2.67. The number of hydrogen-bond acceptors (Lipinski definition) is 2. The van der Waals surface area contributed by atoms with Crippen LogP contribution in [0.2, 0.25) is 0 Å². The Bertz CT molecular complexity index is 758. The van der Waals surface area contributed by atoms with Crippen LogP contribution in [0.3, 0.4) is 0 Å². The predicted molar refractivity (Wildman–Crippen MR) is 104 cm³/mol. The molecule has 2 aromatic carbocycles. The van der Waals surface area contributed by atoms with E-state index in [2.05, 4.69) is 17.4 Å². The molecule has 0 radical (unpaired) electrons. The second-order valence-electron chi connectivity index (χ2n) is 6.80. The number of amides is 2. The molecule has 2 aromatic rings. The Labute approximate surface area is 155 Å². The molecule has 26 heavy (non-hydrogen) atoms. The zero-order valence-electron chi connectivity index (χ0n) is 15.3. The smallest absolute Gasteiger partial charge is 0.227 e. The number of nitrogens with one attached hydrogen (secondary N) is 1. The molecule has 1 aliphatic rings. The van der Waals surface area contributed by atoms with E-state index >= 15 is 0 Å². The lowest BCUT2D eigenvalue weighted by Gasteiger charge is -2.26. The molecule has 4 nitrogen and oxygen atoms in total. The monoisotopic (exact) mass is 350 g/mol. The molecule has 0 saturated carbocycles. The lowest BCUT2D eigenvalue weighted by Crippen LogP contribution is -2.35. The van der Waals surface area contributed by atoms with E-state index in [4.69, 9.17) is 0 Å². The molecule has 2 amide bonds. The predicted octanol–water partition coefficient (Wildman–Crippen LogP) is 3.67. The normalized spacial score (nSPS) is 15.9. The summed E-state index contributed by atoms with van der Waals surface area (Å²) in [7, 11) is 0. The van der Waals surface area contributed by atoms with Crippen molar-refractivity contribution in [2.45, 2.75) is 32.6 Å². The highest BCUT2D eigenvalue weighted by Crippen LogP contribution is 2.27. The zero-order valence-corrected chi connectivity index (χ0v) is 15.3. The number of fused-ring (bicyclic) bond motifs is 1. The molecule has 1 atom stereocenters. The summed E-state index contributed by atoms with van der Waals surface area (Å²) >= 11 is 0. The fourth-order valence-electron chi connectivity index (χ4n) is 3.47. The van der Waals surface area contributed by atoms with Crippen LogP contribution in [-0.2, 0) is 22.4 Å². The van der Waals surface area contributed by atoms with Crippen LogP contribution in [0.4, 0.5) is 5.69 Å². The van der Waals surface area contributed by atoms with E-state index in [1.54, 1.807) is 0 Å². The molecular weight excluding hydrogens is 324 g/mol. The lowest BCUT2D eigenvalue weighted by molar-refractivity contribution is -0.131. The number of carbonyl (C=O) groups excluding carboxylic acids is 2. The average molecular weight is 350 g/mol. The number of carbonyl (C=O) groups is 2. The first-order valence-electron chi connectivity index (χ1n) is 9.38. The van der Waals surface area contributed by atoms with Crippen molar-refractivity contribution in [3.8, 4) is 0 Å². The Kier molecular flexibility index (Phi) is 6.05. The molecule has 3 rings (SSSR count). The van der Waals surface area contributed by atoms with E-state index in [1.165, 1.54) is 5.56 Å². The van der Waals surface area contributed by atoms with Gasteiger partial charge in [-0.2, -0.15) is 0 Å². The highest BCUT2D eigenvalue weighted by molar-refractivity contribution is 5.96. The van der Waals surface area contributed by atoms with Gasteiger partial charge in [-0.3, -0.25) is 9.59 Å². The van der Waals surface area contributed by atoms with Crippen LogP contribution >= 0.6 is 0 Å². The molecule has 1 N–H and O–H groups in total. The van der Waals surface area contributed by atoms with Gasteiger partial charge in [-0.25, -0.2) is 0 Å². The van der Waals surface area contributed by atoms with Crippen molar-refractivity contribution in [3.63, 3.8) is 0 Å². The van der Waals surface area contributed by atoms with Gasteiger partial charge in [-0.05, 0) is 43.4 Å². The number of hydrogen-bond donors (Lipinski definition) is 1. The molecule has 136 valence electrons. The van der Waals surface area contributed by atoms with Crippen LogP contribution in [0.5, 0.6) is 0 Å². The van der Waals surface area contributed by atoms with Crippen molar-refractivity contribution in [1.82, 2.24) is 4.90 Å². The molecule has 0 saturated heterocycles. The largest absolute Gasteiger partial charge is 0.343 e. The number of nitrogens with zero attached hydrogens (tertiary/aromatic N) is 1. The van der Waals surface area contributed by atoms with Gasteiger partial charge in [0.15, 0.2) is 0 Å². The van der Waals surface area contributed by atoms with Gasteiger partial charge in [-0.1, -0.05) is 48.5 Å². The maximum Gasteiger partial charge on any atom is 0.227 e. The highest BCUT2D eigenvalue weighted by Gasteiger charge is 2.26. The molecule has 1 unspecified atom stereocenters. The molecule has 0 aliphatic carbocycles. The van der Waals surface area contributed by atoms with Crippen molar-refractivity contribution >= 4 is 17.5 Å². The van der Waals surface area contributed by atoms with Gasteiger partial charge in [0.25, 0.3) is 0 Å². The minimum atomic E-state index is -0.123. The maximum atomic E-state index is 12.6. The lowest BCUT2D eigenvalue weighted by atomic mass is 9.89. The third-order valence-electron chi connectivity index (χ3n) is 5.07.